The van der Waals surface area contributed by atoms with Gasteiger partial charge in [-0.3, -0.25) is 0 Å². The predicted molar refractivity (Wildman–Crippen MR) is 87.9 cm³/mol. The lowest BCUT2D eigenvalue weighted by Crippen LogP contribution is -2.44. The van der Waals surface area contributed by atoms with Crippen molar-refractivity contribution in [3.8, 4) is 5.75 Å². The summed E-state index contributed by atoms with van der Waals surface area (Å²) in [5.41, 5.74) is 0.0720. The molecule has 0 aliphatic rings. The number of carbonyl (C=O) groups excluding carboxylic acids is 1. The number of hydrogen-bond donors (Lipinski definition) is 2. The van der Waals surface area contributed by atoms with Gasteiger partial charge >= 0.3 is 6.03 Å². The molecule has 0 bridgehead atoms. The van der Waals surface area contributed by atoms with E-state index < -0.39 is 5.60 Å². The van der Waals surface area contributed by atoms with Crippen molar-refractivity contribution < 1.29 is 14.6 Å². The number of amides is 2. The Morgan fingerprint density at radius 1 is 1.41 bits per heavy atom. The predicted octanol–water partition coefficient (Wildman–Crippen LogP) is 2.63. The minimum absolute atomic E-state index is 0.212. The number of benzene rings is 1. The van der Waals surface area contributed by atoms with Crippen LogP contribution in [0.25, 0.3) is 0 Å². The first kappa shape index (κ1) is 18.3. The van der Waals surface area contributed by atoms with Crippen molar-refractivity contribution in [3.63, 3.8) is 0 Å². The zero-order valence-electron chi connectivity index (χ0n) is 14.2. The second kappa shape index (κ2) is 8.03. The molecular weight excluding hydrogens is 280 g/mol. The number of rotatable bonds is 7. The molecule has 22 heavy (non-hydrogen) atoms. The van der Waals surface area contributed by atoms with Gasteiger partial charge in [0.25, 0.3) is 0 Å². The van der Waals surface area contributed by atoms with E-state index in [0.29, 0.717) is 19.1 Å². The summed E-state index contributed by atoms with van der Waals surface area (Å²) in [5, 5.41) is 12.6. The van der Waals surface area contributed by atoms with Crippen LogP contribution in [-0.4, -0.2) is 41.8 Å². The molecule has 2 N–H and O–H groups in total. The molecule has 0 atom stereocenters. The zero-order valence-corrected chi connectivity index (χ0v) is 14.2. The Bertz CT molecular complexity index is 481. The van der Waals surface area contributed by atoms with E-state index >= 15 is 0 Å². The van der Waals surface area contributed by atoms with Crippen molar-refractivity contribution in [2.45, 2.75) is 39.8 Å². The average molecular weight is 308 g/mol. The number of urea groups is 1. The third-order valence-electron chi connectivity index (χ3n) is 2.90. The summed E-state index contributed by atoms with van der Waals surface area (Å²) >= 11 is 0. The van der Waals surface area contributed by atoms with Crippen molar-refractivity contribution in [2.75, 3.05) is 20.2 Å². The SMILES string of the molecule is CC(C)COc1cccc(CNC(=O)N(C)CC(C)(C)O)c1. The number of aliphatic hydroxyl groups is 1. The highest BCUT2D eigenvalue weighted by Gasteiger charge is 2.18. The summed E-state index contributed by atoms with van der Waals surface area (Å²) in [4.78, 5) is 13.4. The molecule has 0 aromatic heterocycles. The van der Waals surface area contributed by atoms with Crippen LogP contribution in [0.2, 0.25) is 0 Å². The van der Waals surface area contributed by atoms with E-state index in [4.69, 9.17) is 4.74 Å². The minimum atomic E-state index is -0.906. The number of nitrogens with zero attached hydrogens (tertiary/aromatic N) is 1. The molecule has 0 saturated carbocycles. The number of ether oxygens (including phenoxy) is 1. The van der Waals surface area contributed by atoms with Gasteiger partial charge in [-0.2, -0.15) is 0 Å². The fourth-order valence-corrected chi connectivity index (χ4v) is 1.97. The van der Waals surface area contributed by atoms with Gasteiger partial charge in [0.2, 0.25) is 0 Å². The normalized spacial score (nSPS) is 11.4. The molecule has 0 aliphatic carbocycles. The molecule has 0 radical (unpaired) electrons. The van der Waals surface area contributed by atoms with Crippen LogP contribution in [0.15, 0.2) is 24.3 Å². The summed E-state index contributed by atoms with van der Waals surface area (Å²) in [6, 6.07) is 7.48. The van der Waals surface area contributed by atoms with Gasteiger partial charge in [0.1, 0.15) is 5.75 Å². The topological polar surface area (TPSA) is 61.8 Å². The first-order valence-electron chi connectivity index (χ1n) is 7.60. The number of carbonyl (C=O) groups is 1. The van der Waals surface area contributed by atoms with Crippen molar-refractivity contribution in [3.05, 3.63) is 29.8 Å². The van der Waals surface area contributed by atoms with E-state index in [2.05, 4.69) is 19.2 Å². The van der Waals surface area contributed by atoms with Crippen LogP contribution in [0.4, 0.5) is 4.79 Å². The number of hydrogen-bond acceptors (Lipinski definition) is 3. The van der Waals surface area contributed by atoms with E-state index in [-0.39, 0.29) is 12.6 Å². The molecule has 5 heteroatoms. The first-order chi connectivity index (χ1) is 10.2. The molecule has 1 aromatic rings. The summed E-state index contributed by atoms with van der Waals surface area (Å²) in [6.45, 7) is 8.91. The second-order valence-electron chi connectivity index (χ2n) is 6.68. The van der Waals surface area contributed by atoms with Crippen LogP contribution >= 0.6 is 0 Å². The van der Waals surface area contributed by atoms with Crippen molar-refractivity contribution >= 4 is 6.03 Å². The molecule has 0 heterocycles. The Balaban J connectivity index is 2.50. The van der Waals surface area contributed by atoms with Crippen LogP contribution in [0, 0.1) is 5.92 Å². The van der Waals surface area contributed by atoms with E-state index in [1.54, 1.807) is 20.9 Å². The highest BCUT2D eigenvalue weighted by molar-refractivity contribution is 5.73. The van der Waals surface area contributed by atoms with Crippen LogP contribution in [0.1, 0.15) is 33.3 Å². The van der Waals surface area contributed by atoms with E-state index in [1.165, 1.54) is 4.90 Å². The highest BCUT2D eigenvalue weighted by atomic mass is 16.5. The van der Waals surface area contributed by atoms with Gasteiger partial charge in [-0.25, -0.2) is 4.79 Å². The second-order valence-corrected chi connectivity index (χ2v) is 6.68. The van der Waals surface area contributed by atoms with Crippen molar-refractivity contribution in [1.82, 2.24) is 10.2 Å². The van der Waals surface area contributed by atoms with E-state index in [1.807, 2.05) is 24.3 Å². The van der Waals surface area contributed by atoms with Gasteiger partial charge < -0.3 is 20.1 Å². The largest absolute Gasteiger partial charge is 0.493 e. The molecule has 5 nitrogen and oxygen atoms in total. The Kier molecular flexibility index (Phi) is 6.68. The molecule has 1 rings (SSSR count). The average Bonchev–Trinajstić information content (AvgIpc) is 2.41. The summed E-state index contributed by atoms with van der Waals surface area (Å²) in [5.74, 6) is 1.28. The van der Waals surface area contributed by atoms with Crippen LogP contribution in [0.3, 0.4) is 0 Å². The Morgan fingerprint density at radius 2 is 2.09 bits per heavy atom. The van der Waals surface area contributed by atoms with Gasteiger partial charge in [0.15, 0.2) is 0 Å². The lowest BCUT2D eigenvalue weighted by Gasteiger charge is -2.25. The molecule has 0 spiro atoms. The van der Waals surface area contributed by atoms with Crippen LogP contribution < -0.4 is 10.1 Å². The van der Waals surface area contributed by atoms with Gasteiger partial charge in [0, 0.05) is 13.6 Å². The van der Waals surface area contributed by atoms with Crippen molar-refractivity contribution in [2.24, 2.45) is 5.92 Å². The third-order valence-corrected chi connectivity index (χ3v) is 2.90. The molecule has 2 amide bonds. The third kappa shape index (κ3) is 7.31. The van der Waals surface area contributed by atoms with Gasteiger partial charge in [-0.15, -0.1) is 0 Å². The maximum atomic E-state index is 12.0. The molecule has 0 aliphatic heterocycles. The van der Waals surface area contributed by atoms with E-state index in [0.717, 1.165) is 11.3 Å². The monoisotopic (exact) mass is 308 g/mol. The quantitative estimate of drug-likeness (QED) is 0.814. The summed E-state index contributed by atoms with van der Waals surface area (Å²) in [7, 11) is 1.66. The highest BCUT2D eigenvalue weighted by Crippen LogP contribution is 2.14. The van der Waals surface area contributed by atoms with Gasteiger partial charge in [-0.05, 0) is 37.5 Å². The van der Waals surface area contributed by atoms with Crippen molar-refractivity contribution in [1.29, 1.82) is 0 Å². The molecule has 0 unspecified atom stereocenters. The maximum absolute atomic E-state index is 12.0. The number of nitrogens with one attached hydrogen (secondary N) is 1. The molecule has 124 valence electrons. The molecule has 0 fully saturated rings. The van der Waals surface area contributed by atoms with Gasteiger partial charge in [0.05, 0.1) is 18.8 Å². The lowest BCUT2D eigenvalue weighted by molar-refractivity contribution is 0.0531. The fourth-order valence-electron chi connectivity index (χ4n) is 1.97. The minimum Gasteiger partial charge on any atom is -0.493 e. The Morgan fingerprint density at radius 3 is 2.68 bits per heavy atom. The molecule has 1 aromatic carbocycles. The maximum Gasteiger partial charge on any atom is 0.317 e. The first-order valence-corrected chi connectivity index (χ1v) is 7.60. The number of likely N-dealkylation sites (N-methyl/N-ethyl adjacent to an activating group) is 1. The van der Waals surface area contributed by atoms with Crippen LogP contribution in [0.5, 0.6) is 5.75 Å². The smallest absolute Gasteiger partial charge is 0.317 e. The summed E-state index contributed by atoms with van der Waals surface area (Å²) in [6.07, 6.45) is 0. The molecular formula is C17H28N2O3. The van der Waals surface area contributed by atoms with Crippen LogP contribution in [-0.2, 0) is 6.54 Å². The fraction of sp³-hybridized carbons (Fsp3) is 0.588. The molecule has 0 saturated heterocycles. The Labute approximate surface area is 133 Å². The Hall–Kier alpha value is -1.75. The van der Waals surface area contributed by atoms with E-state index in [9.17, 15) is 9.90 Å². The summed E-state index contributed by atoms with van der Waals surface area (Å²) < 4.78 is 5.67. The lowest BCUT2D eigenvalue weighted by atomic mass is 10.1. The standard InChI is InChI=1S/C17H28N2O3/c1-13(2)11-22-15-8-6-7-14(9-15)10-18-16(20)19(5)12-17(3,4)21/h6-9,13,21H,10-12H2,1-5H3,(H,18,20). The van der Waals surface area contributed by atoms with Gasteiger partial charge in [-0.1, -0.05) is 26.0 Å². The zero-order chi connectivity index (χ0) is 16.8.